The van der Waals surface area contributed by atoms with Crippen molar-refractivity contribution in [3.8, 4) is 0 Å². The smallest absolute Gasteiger partial charge is 0.366 e. The molecule has 1 aromatic heterocycles. The molecule has 3 nitrogen and oxygen atoms in total. The summed E-state index contributed by atoms with van der Waals surface area (Å²) in [7, 11) is 0. The van der Waals surface area contributed by atoms with Gasteiger partial charge in [0.1, 0.15) is 0 Å². The second-order valence-corrected chi connectivity index (χ2v) is 4.89. The molecule has 1 aliphatic heterocycles. The average Bonchev–Trinajstić information content (AvgIpc) is 2.35. The van der Waals surface area contributed by atoms with Crippen molar-refractivity contribution in [1.82, 2.24) is 10.3 Å². The molecule has 118 valence electrons. The lowest BCUT2D eigenvalue weighted by atomic mass is 10.0. The molecule has 0 aliphatic carbocycles. The number of halogens is 6. The quantitative estimate of drug-likeness (QED) is 0.842. The highest BCUT2D eigenvalue weighted by atomic mass is 19.4. The van der Waals surface area contributed by atoms with Crippen LogP contribution in [0.15, 0.2) is 12.3 Å². The molecule has 21 heavy (non-hydrogen) atoms. The molecular formula is C12H13F6N3. The normalized spacial score (nSPS) is 22.1. The fourth-order valence-corrected chi connectivity index (χ4v) is 2.08. The van der Waals surface area contributed by atoms with Crippen molar-refractivity contribution in [2.45, 2.75) is 31.0 Å². The van der Waals surface area contributed by atoms with Crippen LogP contribution >= 0.6 is 0 Å². The Balaban J connectivity index is 1.98. The zero-order chi connectivity index (χ0) is 15.7. The van der Waals surface area contributed by atoms with Crippen molar-refractivity contribution < 1.29 is 26.3 Å². The van der Waals surface area contributed by atoms with E-state index in [1.807, 2.05) is 0 Å². The first-order valence-electron chi connectivity index (χ1n) is 6.25. The molecule has 1 fully saturated rings. The van der Waals surface area contributed by atoms with Crippen LogP contribution in [0.5, 0.6) is 0 Å². The Morgan fingerprint density at radius 1 is 1.38 bits per heavy atom. The molecule has 0 aromatic carbocycles. The molecular weight excluding hydrogens is 300 g/mol. The summed E-state index contributed by atoms with van der Waals surface area (Å²) in [6.45, 7) is 0.0765. The SMILES string of the molecule is Fc1cc(C(F)(F)F)cnc1NCC1CC(F)(F)CCN1. The Morgan fingerprint density at radius 3 is 2.67 bits per heavy atom. The molecule has 1 atom stereocenters. The second-order valence-electron chi connectivity index (χ2n) is 4.89. The van der Waals surface area contributed by atoms with Crippen molar-refractivity contribution in [3.63, 3.8) is 0 Å². The number of nitrogens with one attached hydrogen (secondary N) is 2. The number of anilines is 1. The van der Waals surface area contributed by atoms with E-state index in [9.17, 15) is 26.3 Å². The monoisotopic (exact) mass is 313 g/mol. The summed E-state index contributed by atoms with van der Waals surface area (Å²) in [6, 6.07) is -0.282. The number of piperidine rings is 1. The second kappa shape index (κ2) is 5.70. The first-order chi connectivity index (χ1) is 9.67. The van der Waals surface area contributed by atoms with Gasteiger partial charge in [-0.1, -0.05) is 0 Å². The van der Waals surface area contributed by atoms with Crippen molar-refractivity contribution in [2.24, 2.45) is 0 Å². The van der Waals surface area contributed by atoms with E-state index in [1.165, 1.54) is 0 Å². The maximum absolute atomic E-state index is 13.5. The number of hydrogen-bond acceptors (Lipinski definition) is 3. The van der Waals surface area contributed by atoms with Crippen LogP contribution in [0.1, 0.15) is 18.4 Å². The highest BCUT2D eigenvalue weighted by molar-refractivity contribution is 5.38. The molecule has 9 heteroatoms. The number of pyridine rings is 1. The maximum atomic E-state index is 13.5. The van der Waals surface area contributed by atoms with Crippen LogP contribution in [0, 0.1) is 5.82 Å². The highest BCUT2D eigenvalue weighted by Crippen LogP contribution is 2.30. The van der Waals surface area contributed by atoms with Gasteiger partial charge in [-0.15, -0.1) is 0 Å². The molecule has 0 saturated carbocycles. The Labute approximate surface area is 116 Å². The molecule has 2 heterocycles. The number of nitrogens with zero attached hydrogens (tertiary/aromatic N) is 1. The van der Waals surface area contributed by atoms with Crippen LogP contribution in [-0.2, 0) is 6.18 Å². The first kappa shape index (κ1) is 15.9. The number of rotatable bonds is 3. The van der Waals surface area contributed by atoms with E-state index in [4.69, 9.17) is 0 Å². The third kappa shape index (κ3) is 4.23. The fourth-order valence-electron chi connectivity index (χ4n) is 2.08. The van der Waals surface area contributed by atoms with Crippen molar-refractivity contribution in [2.75, 3.05) is 18.4 Å². The third-order valence-electron chi connectivity index (χ3n) is 3.15. The van der Waals surface area contributed by atoms with Gasteiger partial charge in [0.2, 0.25) is 0 Å². The Kier molecular flexibility index (Phi) is 4.31. The first-order valence-corrected chi connectivity index (χ1v) is 6.25. The minimum absolute atomic E-state index is 0.0507. The largest absolute Gasteiger partial charge is 0.417 e. The lowest BCUT2D eigenvalue weighted by Crippen LogP contribution is -2.47. The van der Waals surface area contributed by atoms with E-state index in [1.54, 1.807) is 0 Å². The average molecular weight is 313 g/mol. The summed E-state index contributed by atoms with van der Waals surface area (Å²) in [5.74, 6) is -4.35. The Morgan fingerprint density at radius 2 is 2.10 bits per heavy atom. The standard InChI is InChI=1S/C12H13F6N3/c13-9-3-7(12(16,17)18)5-20-10(9)21-6-8-4-11(14,15)1-2-19-8/h3,5,8,19H,1-2,4,6H2,(H,20,21). The molecule has 1 saturated heterocycles. The van der Waals surface area contributed by atoms with Crippen LogP contribution in [0.4, 0.5) is 32.2 Å². The summed E-state index contributed by atoms with van der Waals surface area (Å²) < 4.78 is 76.8. The lowest BCUT2D eigenvalue weighted by molar-refractivity contribution is -0.138. The van der Waals surface area contributed by atoms with Gasteiger partial charge in [-0.3, -0.25) is 0 Å². The summed E-state index contributed by atoms with van der Waals surface area (Å²) in [4.78, 5) is 3.34. The predicted molar refractivity (Wildman–Crippen MR) is 63.7 cm³/mol. The van der Waals surface area contributed by atoms with Gasteiger partial charge in [-0.25, -0.2) is 18.2 Å². The van der Waals surface area contributed by atoms with Gasteiger partial charge in [0.05, 0.1) is 5.56 Å². The molecule has 0 spiro atoms. The van der Waals surface area contributed by atoms with Gasteiger partial charge in [-0.2, -0.15) is 13.2 Å². The molecule has 0 bridgehead atoms. The van der Waals surface area contributed by atoms with Gasteiger partial charge in [0.25, 0.3) is 5.92 Å². The van der Waals surface area contributed by atoms with E-state index >= 15 is 0 Å². The summed E-state index contributed by atoms with van der Waals surface area (Å²) in [5.41, 5.74) is -1.20. The third-order valence-corrected chi connectivity index (χ3v) is 3.15. The van der Waals surface area contributed by atoms with Crippen LogP contribution in [0.25, 0.3) is 0 Å². The van der Waals surface area contributed by atoms with E-state index in [0.717, 1.165) is 0 Å². The molecule has 0 amide bonds. The minimum Gasteiger partial charge on any atom is -0.366 e. The predicted octanol–water partition coefficient (Wildman–Crippen LogP) is 3.04. The van der Waals surface area contributed by atoms with Crippen LogP contribution in [0.3, 0.4) is 0 Å². The van der Waals surface area contributed by atoms with E-state index in [2.05, 4.69) is 15.6 Å². The summed E-state index contributed by atoms with van der Waals surface area (Å²) in [5, 5.41) is 5.28. The van der Waals surface area contributed by atoms with Gasteiger partial charge >= 0.3 is 6.18 Å². The molecule has 2 N–H and O–H groups in total. The van der Waals surface area contributed by atoms with Gasteiger partial charge in [-0.05, 0) is 6.07 Å². The highest BCUT2D eigenvalue weighted by Gasteiger charge is 2.36. The zero-order valence-corrected chi connectivity index (χ0v) is 10.8. The van der Waals surface area contributed by atoms with Crippen LogP contribution < -0.4 is 10.6 Å². The van der Waals surface area contributed by atoms with E-state index < -0.39 is 41.8 Å². The number of alkyl halides is 5. The summed E-state index contributed by atoms with van der Waals surface area (Å²) >= 11 is 0. The van der Waals surface area contributed by atoms with Crippen molar-refractivity contribution >= 4 is 5.82 Å². The Bertz CT molecular complexity index is 502. The van der Waals surface area contributed by atoms with Crippen LogP contribution in [-0.4, -0.2) is 30.0 Å². The van der Waals surface area contributed by atoms with Crippen molar-refractivity contribution in [3.05, 3.63) is 23.6 Å². The topological polar surface area (TPSA) is 37.0 Å². The number of hydrogen-bond donors (Lipinski definition) is 2. The van der Waals surface area contributed by atoms with Crippen molar-refractivity contribution in [1.29, 1.82) is 0 Å². The molecule has 2 rings (SSSR count). The molecule has 1 aliphatic rings. The lowest BCUT2D eigenvalue weighted by Gasteiger charge is -2.30. The van der Waals surface area contributed by atoms with Crippen LogP contribution in [0.2, 0.25) is 0 Å². The Hall–Kier alpha value is -1.51. The number of aromatic nitrogens is 1. The molecule has 1 aromatic rings. The molecule has 0 radical (unpaired) electrons. The molecule has 1 unspecified atom stereocenters. The van der Waals surface area contributed by atoms with Gasteiger partial charge in [0, 0.05) is 38.2 Å². The summed E-state index contributed by atoms with van der Waals surface area (Å²) in [6.07, 6.45) is -4.87. The van der Waals surface area contributed by atoms with Gasteiger partial charge in [0.15, 0.2) is 11.6 Å². The van der Waals surface area contributed by atoms with Gasteiger partial charge < -0.3 is 10.6 Å². The van der Waals surface area contributed by atoms with E-state index in [-0.39, 0.29) is 19.5 Å². The fraction of sp³-hybridized carbons (Fsp3) is 0.583. The maximum Gasteiger partial charge on any atom is 0.417 e. The van der Waals surface area contributed by atoms with E-state index in [0.29, 0.717) is 12.3 Å². The minimum atomic E-state index is -4.68. The zero-order valence-electron chi connectivity index (χ0n) is 10.8.